The Morgan fingerprint density at radius 3 is 2.22 bits per heavy atom. The van der Waals surface area contributed by atoms with E-state index in [0.29, 0.717) is 0 Å². The van der Waals surface area contributed by atoms with Crippen LogP contribution >= 0.6 is 0 Å². The number of hydrogen-bond donors (Lipinski definition) is 0. The van der Waals surface area contributed by atoms with Crippen molar-refractivity contribution in [1.82, 2.24) is 0 Å². The van der Waals surface area contributed by atoms with E-state index >= 15 is 0 Å². The molecule has 0 nitrogen and oxygen atoms in total. The SMILES string of the molecule is CCC(C)C1C(C)C2C1CC1C(C)C3C(C)C2C13. The molecule has 0 aromatic rings. The second kappa shape index (κ2) is 3.55. The Balaban J connectivity index is 1.58. The first-order valence-electron chi connectivity index (χ1n) is 8.57. The monoisotopic (exact) mass is 246 g/mol. The molecule has 4 aliphatic rings. The zero-order valence-electron chi connectivity index (χ0n) is 12.8. The summed E-state index contributed by atoms with van der Waals surface area (Å²) in [4.78, 5) is 0. The minimum Gasteiger partial charge on any atom is -0.0651 e. The van der Waals surface area contributed by atoms with Crippen LogP contribution in [0.1, 0.15) is 47.5 Å². The number of rotatable bonds is 2. The van der Waals surface area contributed by atoms with Crippen molar-refractivity contribution < 1.29 is 0 Å². The highest BCUT2D eigenvalue weighted by molar-refractivity contribution is 5.19. The maximum Gasteiger partial charge on any atom is -0.0315 e. The van der Waals surface area contributed by atoms with Gasteiger partial charge in [0.25, 0.3) is 0 Å². The lowest BCUT2D eigenvalue weighted by Crippen LogP contribution is -2.73. The van der Waals surface area contributed by atoms with E-state index in [0.717, 1.165) is 59.2 Å². The third-order valence-electron chi connectivity index (χ3n) is 8.37. The van der Waals surface area contributed by atoms with Gasteiger partial charge in [-0.2, -0.15) is 0 Å². The summed E-state index contributed by atoms with van der Waals surface area (Å²) < 4.78 is 0. The second-order valence-electron chi connectivity index (χ2n) is 8.41. The molecule has 0 radical (unpaired) electrons. The molecule has 11 atom stereocenters. The van der Waals surface area contributed by atoms with Gasteiger partial charge in [-0.1, -0.05) is 41.0 Å². The summed E-state index contributed by atoms with van der Waals surface area (Å²) in [6.45, 7) is 12.6. The van der Waals surface area contributed by atoms with Crippen molar-refractivity contribution in [1.29, 1.82) is 0 Å². The Labute approximate surface area is 113 Å². The van der Waals surface area contributed by atoms with Gasteiger partial charge in [-0.15, -0.1) is 0 Å². The molecule has 0 aliphatic heterocycles. The molecule has 0 heteroatoms. The highest BCUT2D eigenvalue weighted by Gasteiger charge is 2.72. The van der Waals surface area contributed by atoms with Crippen molar-refractivity contribution >= 4 is 0 Å². The number of hydrogen-bond acceptors (Lipinski definition) is 0. The van der Waals surface area contributed by atoms with Crippen LogP contribution < -0.4 is 0 Å². The van der Waals surface area contributed by atoms with Gasteiger partial charge in [-0.05, 0) is 71.5 Å². The van der Waals surface area contributed by atoms with E-state index in [1.165, 1.54) is 12.3 Å². The molecule has 18 heavy (non-hydrogen) atoms. The zero-order chi connectivity index (χ0) is 12.8. The molecule has 0 heterocycles. The molecule has 4 rings (SSSR count). The van der Waals surface area contributed by atoms with Crippen LogP contribution in [0, 0.1) is 65.1 Å². The van der Waals surface area contributed by atoms with E-state index in [1.54, 1.807) is 6.42 Å². The van der Waals surface area contributed by atoms with Gasteiger partial charge in [-0.25, -0.2) is 0 Å². The lowest BCUT2D eigenvalue weighted by Gasteiger charge is -2.77. The van der Waals surface area contributed by atoms with Gasteiger partial charge in [0.1, 0.15) is 0 Å². The van der Waals surface area contributed by atoms with Gasteiger partial charge in [0.2, 0.25) is 0 Å². The normalized spacial score (nSPS) is 65.8. The quantitative estimate of drug-likeness (QED) is 0.662. The summed E-state index contributed by atoms with van der Waals surface area (Å²) in [6.07, 6.45) is 3.00. The molecule has 0 saturated heterocycles. The van der Waals surface area contributed by atoms with Gasteiger partial charge in [0.05, 0.1) is 0 Å². The van der Waals surface area contributed by atoms with Crippen LogP contribution in [-0.2, 0) is 0 Å². The van der Waals surface area contributed by atoms with E-state index in [4.69, 9.17) is 0 Å². The van der Waals surface area contributed by atoms with Crippen LogP contribution in [0.3, 0.4) is 0 Å². The van der Waals surface area contributed by atoms with E-state index in [-0.39, 0.29) is 0 Å². The first-order chi connectivity index (χ1) is 8.57. The lowest BCUT2D eigenvalue weighted by atomic mass is 9.27. The zero-order valence-corrected chi connectivity index (χ0v) is 12.8. The summed E-state index contributed by atoms with van der Waals surface area (Å²) in [7, 11) is 0. The highest BCUT2D eigenvalue weighted by Crippen LogP contribution is 2.76. The Kier molecular flexibility index (Phi) is 2.33. The summed E-state index contributed by atoms with van der Waals surface area (Å²) in [5.74, 6) is 12.0. The Bertz CT molecular complexity index is 359. The van der Waals surface area contributed by atoms with E-state index in [2.05, 4.69) is 34.6 Å². The third kappa shape index (κ3) is 1.07. The first-order valence-corrected chi connectivity index (χ1v) is 8.57. The third-order valence-corrected chi connectivity index (χ3v) is 8.37. The van der Waals surface area contributed by atoms with Crippen molar-refractivity contribution in [2.45, 2.75) is 47.5 Å². The molecule has 4 saturated carbocycles. The van der Waals surface area contributed by atoms with Crippen LogP contribution in [0.4, 0.5) is 0 Å². The Morgan fingerprint density at radius 2 is 1.56 bits per heavy atom. The van der Waals surface area contributed by atoms with Crippen LogP contribution in [-0.4, -0.2) is 0 Å². The summed E-state index contributed by atoms with van der Waals surface area (Å²) >= 11 is 0. The van der Waals surface area contributed by atoms with Crippen molar-refractivity contribution in [2.24, 2.45) is 65.1 Å². The maximum absolute atomic E-state index is 2.58. The molecular formula is C18H30. The lowest BCUT2D eigenvalue weighted by molar-refractivity contribution is -0.301. The predicted molar refractivity (Wildman–Crippen MR) is 76.0 cm³/mol. The molecule has 11 unspecified atom stereocenters. The Hall–Kier alpha value is 0. The van der Waals surface area contributed by atoms with Crippen molar-refractivity contribution in [3.63, 3.8) is 0 Å². The van der Waals surface area contributed by atoms with Gasteiger partial charge in [-0.3, -0.25) is 0 Å². The van der Waals surface area contributed by atoms with E-state index < -0.39 is 0 Å². The standard InChI is InChI=1S/C18H30/c1-6-8(2)14-10(4)16-13(14)7-12-9(3)15-11(5)17(16)18(12)15/h8-18H,6-7H2,1-5H3. The fourth-order valence-electron chi connectivity index (χ4n) is 7.56. The van der Waals surface area contributed by atoms with Crippen molar-refractivity contribution in [3.8, 4) is 0 Å². The minimum atomic E-state index is 0.972. The topological polar surface area (TPSA) is 0 Å². The molecule has 0 aromatic heterocycles. The molecule has 0 bridgehead atoms. The molecule has 0 amide bonds. The van der Waals surface area contributed by atoms with Gasteiger partial charge in [0.15, 0.2) is 0 Å². The maximum atomic E-state index is 2.58. The molecule has 0 spiro atoms. The van der Waals surface area contributed by atoms with Crippen LogP contribution in [0.2, 0.25) is 0 Å². The van der Waals surface area contributed by atoms with Gasteiger partial charge in [0, 0.05) is 0 Å². The average molecular weight is 246 g/mol. The van der Waals surface area contributed by atoms with E-state index in [1.807, 2.05) is 0 Å². The smallest absolute Gasteiger partial charge is 0.0315 e. The van der Waals surface area contributed by atoms with Crippen LogP contribution in [0.15, 0.2) is 0 Å². The molecule has 4 fully saturated rings. The summed E-state index contributed by atoms with van der Waals surface area (Å²) in [5.41, 5.74) is 0. The highest BCUT2D eigenvalue weighted by atomic mass is 14.8. The first kappa shape index (κ1) is 11.8. The fraction of sp³-hybridized carbons (Fsp3) is 1.00. The van der Waals surface area contributed by atoms with Crippen LogP contribution in [0.5, 0.6) is 0 Å². The molecule has 0 N–H and O–H groups in total. The van der Waals surface area contributed by atoms with Crippen molar-refractivity contribution in [2.75, 3.05) is 0 Å². The largest absolute Gasteiger partial charge is 0.0651 e. The minimum absolute atomic E-state index is 0.972. The molecule has 4 aliphatic carbocycles. The second-order valence-corrected chi connectivity index (χ2v) is 8.41. The Morgan fingerprint density at radius 1 is 0.833 bits per heavy atom. The predicted octanol–water partition coefficient (Wildman–Crippen LogP) is 4.70. The van der Waals surface area contributed by atoms with E-state index in [9.17, 15) is 0 Å². The molecular weight excluding hydrogens is 216 g/mol. The molecule has 102 valence electrons. The summed E-state index contributed by atoms with van der Waals surface area (Å²) in [6, 6.07) is 0. The summed E-state index contributed by atoms with van der Waals surface area (Å²) in [5, 5.41) is 0. The average Bonchev–Trinajstić information content (AvgIpc) is 2.35. The number of fused-ring (bicyclic) bond motifs is 2. The van der Waals surface area contributed by atoms with Crippen molar-refractivity contribution in [3.05, 3.63) is 0 Å². The van der Waals surface area contributed by atoms with Crippen LogP contribution in [0.25, 0.3) is 0 Å². The van der Waals surface area contributed by atoms with Gasteiger partial charge >= 0.3 is 0 Å². The van der Waals surface area contributed by atoms with Gasteiger partial charge < -0.3 is 0 Å². The fourth-order valence-corrected chi connectivity index (χ4v) is 7.56. The molecule has 0 aromatic carbocycles.